The maximum absolute atomic E-state index is 12.3. The second kappa shape index (κ2) is 8.53. The number of para-hydroxylation sites is 2. The molecule has 5 heteroatoms. The molecule has 0 aliphatic carbocycles. The maximum atomic E-state index is 12.3. The Morgan fingerprint density at radius 2 is 1.60 bits per heavy atom. The van der Waals surface area contributed by atoms with Gasteiger partial charge in [-0.25, -0.2) is 4.79 Å². The number of anilines is 1. The fourth-order valence-corrected chi connectivity index (χ4v) is 2.93. The Hall–Kier alpha value is -2.53. The third-order valence-corrected chi connectivity index (χ3v) is 4.48. The van der Waals surface area contributed by atoms with Crippen molar-refractivity contribution in [2.24, 2.45) is 0 Å². The van der Waals surface area contributed by atoms with E-state index in [0.29, 0.717) is 12.6 Å². The highest BCUT2D eigenvalue weighted by atomic mass is 16.5. The fraction of sp³-hybridized carbons (Fsp3) is 0.350. The quantitative estimate of drug-likeness (QED) is 0.909. The molecule has 5 nitrogen and oxygen atoms in total. The molecule has 1 saturated heterocycles. The van der Waals surface area contributed by atoms with Gasteiger partial charge in [0.05, 0.1) is 0 Å². The third kappa shape index (κ3) is 4.97. The molecule has 25 heavy (non-hydrogen) atoms. The molecule has 1 N–H and O–H groups in total. The van der Waals surface area contributed by atoms with Crippen LogP contribution in [0.15, 0.2) is 60.7 Å². The van der Waals surface area contributed by atoms with E-state index in [-0.39, 0.29) is 6.03 Å². The zero-order chi connectivity index (χ0) is 17.5. The van der Waals surface area contributed by atoms with Crippen molar-refractivity contribution in [2.75, 3.05) is 38.1 Å². The summed E-state index contributed by atoms with van der Waals surface area (Å²) >= 11 is 0. The average Bonchev–Trinajstić information content (AvgIpc) is 2.68. The first-order chi connectivity index (χ1) is 12.2. The van der Waals surface area contributed by atoms with Gasteiger partial charge in [0.1, 0.15) is 12.4 Å². The van der Waals surface area contributed by atoms with E-state index in [0.717, 1.165) is 37.6 Å². The Bertz CT molecular complexity index is 655. The number of hydrogen-bond acceptors (Lipinski definition) is 3. The zero-order valence-corrected chi connectivity index (χ0v) is 14.6. The van der Waals surface area contributed by atoms with Crippen molar-refractivity contribution in [3.8, 4) is 5.75 Å². The summed E-state index contributed by atoms with van der Waals surface area (Å²) in [6.07, 6.45) is 0. The number of carbonyl (C=O) groups excluding carboxylic acids is 1. The van der Waals surface area contributed by atoms with Gasteiger partial charge in [-0.05, 0) is 31.2 Å². The molecule has 1 aliphatic heterocycles. The second-order valence-electron chi connectivity index (χ2n) is 6.29. The SMILES string of the molecule is CC(COc1ccccc1)N1CCN(C(=O)Nc2ccccc2)CC1. The minimum Gasteiger partial charge on any atom is -0.492 e. The number of nitrogens with zero attached hydrogens (tertiary/aromatic N) is 2. The van der Waals surface area contributed by atoms with E-state index in [1.165, 1.54) is 0 Å². The summed E-state index contributed by atoms with van der Waals surface area (Å²) in [5.74, 6) is 0.898. The van der Waals surface area contributed by atoms with Crippen LogP contribution in [0.5, 0.6) is 5.75 Å². The number of rotatable bonds is 5. The van der Waals surface area contributed by atoms with Crippen molar-refractivity contribution in [3.05, 3.63) is 60.7 Å². The Kier molecular flexibility index (Phi) is 5.90. The summed E-state index contributed by atoms with van der Waals surface area (Å²) in [6, 6.07) is 19.7. The van der Waals surface area contributed by atoms with Gasteiger partial charge in [0.15, 0.2) is 0 Å². The number of ether oxygens (including phenoxy) is 1. The normalized spacial score (nSPS) is 16.3. The van der Waals surface area contributed by atoms with Gasteiger partial charge in [-0.2, -0.15) is 0 Å². The number of nitrogens with one attached hydrogen (secondary N) is 1. The number of hydrogen-bond donors (Lipinski definition) is 1. The van der Waals surface area contributed by atoms with Crippen LogP contribution in [0.3, 0.4) is 0 Å². The fourth-order valence-electron chi connectivity index (χ4n) is 2.93. The summed E-state index contributed by atoms with van der Waals surface area (Å²) in [7, 11) is 0. The van der Waals surface area contributed by atoms with Crippen molar-refractivity contribution in [1.82, 2.24) is 9.80 Å². The highest BCUT2D eigenvalue weighted by molar-refractivity contribution is 5.89. The van der Waals surface area contributed by atoms with Gasteiger partial charge in [-0.15, -0.1) is 0 Å². The van der Waals surface area contributed by atoms with Gasteiger partial charge in [-0.1, -0.05) is 36.4 Å². The molecule has 1 heterocycles. The van der Waals surface area contributed by atoms with Gasteiger partial charge in [0, 0.05) is 37.9 Å². The number of piperazine rings is 1. The summed E-state index contributed by atoms with van der Waals surface area (Å²) < 4.78 is 5.84. The first kappa shape index (κ1) is 17.3. The highest BCUT2D eigenvalue weighted by Gasteiger charge is 2.24. The highest BCUT2D eigenvalue weighted by Crippen LogP contribution is 2.13. The Labute approximate surface area is 149 Å². The monoisotopic (exact) mass is 339 g/mol. The first-order valence-corrected chi connectivity index (χ1v) is 8.75. The van der Waals surface area contributed by atoms with Crippen molar-refractivity contribution in [1.29, 1.82) is 0 Å². The number of benzene rings is 2. The number of carbonyl (C=O) groups is 1. The maximum Gasteiger partial charge on any atom is 0.321 e. The second-order valence-corrected chi connectivity index (χ2v) is 6.29. The van der Waals surface area contributed by atoms with Crippen molar-refractivity contribution in [2.45, 2.75) is 13.0 Å². The molecule has 0 spiro atoms. The molecule has 132 valence electrons. The summed E-state index contributed by atoms with van der Waals surface area (Å²) in [5.41, 5.74) is 0.833. The van der Waals surface area contributed by atoms with Crippen molar-refractivity contribution < 1.29 is 9.53 Å². The molecule has 0 bridgehead atoms. The average molecular weight is 339 g/mol. The summed E-state index contributed by atoms with van der Waals surface area (Å²) in [4.78, 5) is 16.6. The van der Waals surface area contributed by atoms with E-state index < -0.39 is 0 Å². The van der Waals surface area contributed by atoms with Crippen LogP contribution in [0, 0.1) is 0 Å². The predicted molar refractivity (Wildman–Crippen MR) is 100 cm³/mol. The summed E-state index contributed by atoms with van der Waals surface area (Å²) in [5, 5.41) is 2.95. The number of amides is 2. The molecule has 0 aromatic heterocycles. The van der Waals surface area contributed by atoms with Gasteiger partial charge < -0.3 is 15.0 Å². The van der Waals surface area contributed by atoms with E-state index >= 15 is 0 Å². The van der Waals surface area contributed by atoms with Crippen molar-refractivity contribution >= 4 is 11.7 Å². The third-order valence-electron chi connectivity index (χ3n) is 4.48. The van der Waals surface area contributed by atoms with E-state index in [1.807, 2.05) is 65.6 Å². The molecule has 1 fully saturated rings. The molecule has 3 rings (SSSR count). The lowest BCUT2D eigenvalue weighted by molar-refractivity contribution is 0.0933. The zero-order valence-electron chi connectivity index (χ0n) is 14.6. The minimum atomic E-state index is -0.0287. The van der Waals surface area contributed by atoms with E-state index in [1.54, 1.807) is 0 Å². The Morgan fingerprint density at radius 1 is 1.00 bits per heavy atom. The van der Waals surface area contributed by atoms with Crippen LogP contribution in [-0.2, 0) is 0 Å². The topological polar surface area (TPSA) is 44.8 Å². The molecule has 0 radical (unpaired) electrons. The van der Waals surface area contributed by atoms with Gasteiger partial charge in [0.25, 0.3) is 0 Å². The van der Waals surface area contributed by atoms with Crippen LogP contribution in [0.25, 0.3) is 0 Å². The Balaban J connectivity index is 1.42. The van der Waals surface area contributed by atoms with E-state index in [4.69, 9.17) is 4.74 Å². The molecular weight excluding hydrogens is 314 g/mol. The lowest BCUT2D eigenvalue weighted by Gasteiger charge is -2.37. The largest absolute Gasteiger partial charge is 0.492 e. The molecule has 1 aliphatic rings. The van der Waals surface area contributed by atoms with Crippen LogP contribution in [-0.4, -0.2) is 54.7 Å². The predicted octanol–water partition coefficient (Wildman–Crippen LogP) is 3.30. The van der Waals surface area contributed by atoms with Crippen LogP contribution in [0.2, 0.25) is 0 Å². The molecule has 2 aromatic rings. The lowest BCUT2D eigenvalue weighted by Crippen LogP contribution is -2.53. The van der Waals surface area contributed by atoms with Crippen LogP contribution < -0.4 is 10.1 Å². The van der Waals surface area contributed by atoms with Crippen LogP contribution >= 0.6 is 0 Å². The van der Waals surface area contributed by atoms with Crippen LogP contribution in [0.4, 0.5) is 10.5 Å². The Morgan fingerprint density at radius 3 is 2.24 bits per heavy atom. The summed E-state index contributed by atoms with van der Waals surface area (Å²) in [6.45, 7) is 6.01. The molecule has 1 unspecified atom stereocenters. The van der Waals surface area contributed by atoms with E-state index in [2.05, 4.69) is 17.1 Å². The van der Waals surface area contributed by atoms with Crippen LogP contribution in [0.1, 0.15) is 6.92 Å². The molecule has 1 atom stereocenters. The van der Waals surface area contributed by atoms with Crippen molar-refractivity contribution in [3.63, 3.8) is 0 Å². The standard InChI is InChI=1S/C20H25N3O2/c1-17(16-25-19-10-6-3-7-11-19)22-12-14-23(15-13-22)20(24)21-18-8-4-2-5-9-18/h2-11,17H,12-16H2,1H3,(H,21,24). The molecule has 0 saturated carbocycles. The minimum absolute atomic E-state index is 0.0287. The lowest BCUT2D eigenvalue weighted by atomic mass is 10.2. The molecular formula is C20H25N3O2. The molecule has 2 aromatic carbocycles. The van der Waals surface area contributed by atoms with E-state index in [9.17, 15) is 4.79 Å². The number of urea groups is 1. The van der Waals surface area contributed by atoms with Gasteiger partial charge in [0.2, 0.25) is 0 Å². The molecule has 2 amide bonds. The smallest absolute Gasteiger partial charge is 0.321 e. The first-order valence-electron chi connectivity index (χ1n) is 8.75. The van der Waals surface area contributed by atoms with Gasteiger partial charge >= 0.3 is 6.03 Å². The van der Waals surface area contributed by atoms with Gasteiger partial charge in [-0.3, -0.25) is 4.90 Å².